The first-order valence-electron chi connectivity index (χ1n) is 6.42. The quantitative estimate of drug-likeness (QED) is 0.919. The van der Waals surface area contributed by atoms with Gasteiger partial charge in [-0.1, -0.05) is 28.9 Å². The van der Waals surface area contributed by atoms with Crippen molar-refractivity contribution in [2.24, 2.45) is 0 Å². The van der Waals surface area contributed by atoms with Crippen molar-refractivity contribution in [1.29, 1.82) is 0 Å². The summed E-state index contributed by atoms with van der Waals surface area (Å²) >= 11 is 6.22. The van der Waals surface area contributed by atoms with Crippen LogP contribution in [0, 0.1) is 0 Å². The van der Waals surface area contributed by atoms with Crippen molar-refractivity contribution in [1.82, 2.24) is 25.2 Å². The lowest BCUT2D eigenvalue weighted by molar-refractivity contribution is 0.229. The first kappa shape index (κ1) is 12.6. The van der Waals surface area contributed by atoms with E-state index in [0.717, 1.165) is 44.1 Å². The Hall–Kier alpha value is -1.43. The number of benzene rings is 1. The zero-order chi connectivity index (χ0) is 13.1. The fourth-order valence-electron chi connectivity index (χ4n) is 2.29. The van der Waals surface area contributed by atoms with Gasteiger partial charge in [0.15, 0.2) is 0 Å². The summed E-state index contributed by atoms with van der Waals surface area (Å²) < 4.78 is 1.82. The van der Waals surface area contributed by atoms with Gasteiger partial charge in [0.25, 0.3) is 0 Å². The van der Waals surface area contributed by atoms with E-state index >= 15 is 0 Å². The number of hydrogen-bond acceptors (Lipinski definition) is 4. The molecule has 0 aliphatic carbocycles. The third kappa shape index (κ3) is 2.78. The van der Waals surface area contributed by atoms with E-state index in [2.05, 4.69) is 20.5 Å². The maximum absolute atomic E-state index is 6.22. The minimum absolute atomic E-state index is 0.689. The molecule has 1 fully saturated rings. The number of piperazine rings is 1. The van der Waals surface area contributed by atoms with E-state index in [9.17, 15) is 0 Å². The Kier molecular flexibility index (Phi) is 3.77. The van der Waals surface area contributed by atoms with Crippen LogP contribution in [0.3, 0.4) is 0 Å². The van der Waals surface area contributed by atoms with Gasteiger partial charge in [-0.05, 0) is 12.1 Å². The van der Waals surface area contributed by atoms with E-state index in [4.69, 9.17) is 11.6 Å². The third-order valence-corrected chi connectivity index (χ3v) is 3.62. The van der Waals surface area contributed by atoms with Crippen LogP contribution >= 0.6 is 11.6 Å². The van der Waals surface area contributed by atoms with Gasteiger partial charge in [-0.15, -0.1) is 5.10 Å². The van der Waals surface area contributed by atoms with Gasteiger partial charge in [0.1, 0.15) is 0 Å². The van der Waals surface area contributed by atoms with Crippen molar-refractivity contribution >= 4 is 11.6 Å². The van der Waals surface area contributed by atoms with Crippen LogP contribution in [0.5, 0.6) is 0 Å². The highest BCUT2D eigenvalue weighted by molar-refractivity contribution is 6.32. The molecule has 2 heterocycles. The van der Waals surface area contributed by atoms with Crippen LogP contribution in [-0.2, 0) is 6.54 Å². The van der Waals surface area contributed by atoms with Crippen LogP contribution in [0.25, 0.3) is 5.69 Å². The first-order chi connectivity index (χ1) is 9.34. The highest BCUT2D eigenvalue weighted by Gasteiger charge is 2.15. The van der Waals surface area contributed by atoms with Crippen LogP contribution in [-0.4, -0.2) is 46.1 Å². The van der Waals surface area contributed by atoms with E-state index in [-0.39, 0.29) is 0 Å². The Morgan fingerprint density at radius 1 is 1.21 bits per heavy atom. The summed E-state index contributed by atoms with van der Waals surface area (Å²) in [7, 11) is 0. The standard InChI is InChI=1S/C13H16ClN5/c14-12-3-1-2-4-13(12)19-11(9-16-17-19)10-18-7-5-15-6-8-18/h1-4,9,15H,5-8,10H2. The Morgan fingerprint density at radius 2 is 2.00 bits per heavy atom. The van der Waals surface area contributed by atoms with Gasteiger partial charge in [-0.25, -0.2) is 4.68 Å². The SMILES string of the molecule is Clc1ccccc1-n1nncc1CN1CCNCC1. The average Bonchev–Trinajstić information content (AvgIpc) is 2.88. The molecule has 0 radical (unpaired) electrons. The van der Waals surface area contributed by atoms with Gasteiger partial charge >= 0.3 is 0 Å². The molecule has 0 amide bonds. The summed E-state index contributed by atoms with van der Waals surface area (Å²) in [4.78, 5) is 2.39. The molecule has 0 bridgehead atoms. The monoisotopic (exact) mass is 277 g/mol. The summed E-state index contributed by atoms with van der Waals surface area (Å²) in [6, 6.07) is 7.70. The van der Waals surface area contributed by atoms with E-state index < -0.39 is 0 Å². The molecule has 1 aromatic carbocycles. The molecule has 19 heavy (non-hydrogen) atoms. The topological polar surface area (TPSA) is 46.0 Å². The Morgan fingerprint density at radius 3 is 2.79 bits per heavy atom. The molecule has 1 N–H and O–H groups in total. The minimum Gasteiger partial charge on any atom is -0.314 e. The van der Waals surface area contributed by atoms with Crippen LogP contribution in [0.2, 0.25) is 5.02 Å². The molecule has 0 saturated carbocycles. The molecule has 0 atom stereocenters. The molecular weight excluding hydrogens is 262 g/mol. The molecule has 6 heteroatoms. The molecule has 5 nitrogen and oxygen atoms in total. The van der Waals surface area contributed by atoms with Gasteiger partial charge in [-0.2, -0.15) is 0 Å². The summed E-state index contributed by atoms with van der Waals surface area (Å²) in [5, 5.41) is 12.2. The highest BCUT2D eigenvalue weighted by atomic mass is 35.5. The van der Waals surface area contributed by atoms with Crippen molar-refractivity contribution < 1.29 is 0 Å². The molecule has 3 rings (SSSR count). The average molecular weight is 278 g/mol. The van der Waals surface area contributed by atoms with Crippen molar-refractivity contribution in [3.05, 3.63) is 41.2 Å². The number of halogens is 1. The molecule has 1 aliphatic heterocycles. The summed E-state index contributed by atoms with van der Waals surface area (Å²) in [5.74, 6) is 0. The predicted octanol–water partition coefficient (Wildman–Crippen LogP) is 1.33. The zero-order valence-electron chi connectivity index (χ0n) is 10.6. The highest BCUT2D eigenvalue weighted by Crippen LogP contribution is 2.20. The molecule has 100 valence electrons. The van der Waals surface area contributed by atoms with Crippen LogP contribution in [0.15, 0.2) is 30.5 Å². The molecule has 1 aromatic heterocycles. The van der Waals surface area contributed by atoms with Crippen molar-refractivity contribution in [3.63, 3.8) is 0 Å². The second-order valence-corrected chi connectivity index (χ2v) is 5.02. The first-order valence-corrected chi connectivity index (χ1v) is 6.80. The molecule has 0 spiro atoms. The summed E-state index contributed by atoms with van der Waals surface area (Å²) in [6.45, 7) is 5.02. The lowest BCUT2D eigenvalue weighted by atomic mass is 10.3. The predicted molar refractivity (Wildman–Crippen MR) is 74.5 cm³/mol. The van der Waals surface area contributed by atoms with Gasteiger partial charge in [0.2, 0.25) is 0 Å². The van der Waals surface area contributed by atoms with Crippen molar-refractivity contribution in [2.75, 3.05) is 26.2 Å². The molecule has 1 saturated heterocycles. The summed E-state index contributed by atoms with van der Waals surface area (Å²) in [5.41, 5.74) is 1.95. The number of hydrogen-bond donors (Lipinski definition) is 1. The van der Waals surface area contributed by atoms with Crippen molar-refractivity contribution in [2.45, 2.75) is 6.54 Å². The maximum Gasteiger partial charge on any atom is 0.0853 e. The van der Waals surface area contributed by atoms with E-state index in [0.29, 0.717) is 5.02 Å². The lowest BCUT2D eigenvalue weighted by Crippen LogP contribution is -2.43. The summed E-state index contributed by atoms with van der Waals surface area (Å²) in [6.07, 6.45) is 1.81. The van der Waals surface area contributed by atoms with Gasteiger partial charge in [-0.3, -0.25) is 4.90 Å². The van der Waals surface area contributed by atoms with E-state index in [1.54, 1.807) is 0 Å². The normalized spacial score (nSPS) is 16.7. The van der Waals surface area contributed by atoms with Crippen LogP contribution in [0.4, 0.5) is 0 Å². The van der Waals surface area contributed by atoms with Crippen LogP contribution in [0.1, 0.15) is 5.69 Å². The lowest BCUT2D eigenvalue weighted by Gasteiger charge is -2.27. The number of aromatic nitrogens is 3. The number of nitrogens with zero attached hydrogens (tertiary/aromatic N) is 4. The van der Waals surface area contributed by atoms with Gasteiger partial charge < -0.3 is 5.32 Å². The Balaban J connectivity index is 1.84. The molecule has 2 aromatic rings. The molecule has 1 aliphatic rings. The maximum atomic E-state index is 6.22. The number of nitrogens with one attached hydrogen (secondary N) is 1. The van der Waals surface area contributed by atoms with Crippen LogP contribution < -0.4 is 5.32 Å². The Labute approximate surface area is 117 Å². The zero-order valence-corrected chi connectivity index (χ0v) is 11.3. The smallest absolute Gasteiger partial charge is 0.0853 e. The van der Waals surface area contributed by atoms with E-state index in [1.165, 1.54) is 0 Å². The third-order valence-electron chi connectivity index (χ3n) is 3.30. The molecular formula is C13H16ClN5. The molecule has 0 unspecified atom stereocenters. The van der Waals surface area contributed by atoms with Gasteiger partial charge in [0, 0.05) is 32.7 Å². The largest absolute Gasteiger partial charge is 0.314 e. The second-order valence-electron chi connectivity index (χ2n) is 4.61. The van der Waals surface area contributed by atoms with Crippen molar-refractivity contribution in [3.8, 4) is 5.69 Å². The minimum atomic E-state index is 0.689. The number of rotatable bonds is 3. The van der Waals surface area contributed by atoms with E-state index in [1.807, 2.05) is 35.1 Å². The fraction of sp³-hybridized carbons (Fsp3) is 0.385. The second kappa shape index (κ2) is 5.69. The fourth-order valence-corrected chi connectivity index (χ4v) is 2.50. The Bertz CT molecular complexity index is 547. The van der Waals surface area contributed by atoms with Gasteiger partial charge in [0.05, 0.1) is 22.6 Å². The number of para-hydroxylation sites is 1.